The van der Waals surface area contributed by atoms with Gasteiger partial charge in [0.05, 0.1) is 17.4 Å². The molecule has 5 aliphatic rings. The van der Waals surface area contributed by atoms with Crippen LogP contribution in [-0.2, 0) is 34.5 Å². The molecule has 7 rings (SSSR count). The maximum absolute atomic E-state index is 14.6. The first-order chi connectivity index (χ1) is 21.3. The summed E-state index contributed by atoms with van der Waals surface area (Å²) in [5.74, 6) is -1.53. The minimum atomic E-state index is -2.80. The molecular weight excluding hydrogens is 608 g/mol. The summed E-state index contributed by atoms with van der Waals surface area (Å²) in [5, 5.41) is 18.4. The Labute approximate surface area is 264 Å². The summed E-state index contributed by atoms with van der Waals surface area (Å²) in [5.41, 5.74) is 2.09. The van der Waals surface area contributed by atoms with Crippen molar-refractivity contribution in [1.82, 2.24) is 24.8 Å². The average molecular weight is 644 g/mol. The SMILES string of the molecule is CC1=C2C[C@@H](C(=O)N3CCc4c(Cl)ccc(OCc5nnn(C)c5C(F)F)c4C3CN3CC4(CC4)CC3=O)[C@@](C)(C(=O)O)CC12. The second-order valence-corrected chi connectivity index (χ2v) is 14.2. The molecule has 3 heterocycles. The number of aliphatic carboxylic acids is 1. The molecule has 0 bridgehead atoms. The van der Waals surface area contributed by atoms with Crippen LogP contribution < -0.4 is 4.74 Å². The molecule has 1 aromatic carbocycles. The highest BCUT2D eigenvalue weighted by Crippen LogP contribution is 2.59. The number of amides is 2. The number of nitrogens with zero attached hydrogens (tertiary/aromatic N) is 5. The summed E-state index contributed by atoms with van der Waals surface area (Å²) in [6, 6.07) is 2.66. The molecule has 2 unspecified atom stereocenters. The fourth-order valence-corrected chi connectivity index (χ4v) is 8.26. The highest BCUT2D eigenvalue weighted by atomic mass is 35.5. The molecule has 0 radical (unpaired) electrons. The number of carbonyl (C=O) groups excluding carboxylic acids is 2. The number of carbonyl (C=O) groups is 3. The zero-order chi connectivity index (χ0) is 32.0. The van der Waals surface area contributed by atoms with Gasteiger partial charge in [-0.05, 0) is 69.1 Å². The van der Waals surface area contributed by atoms with Gasteiger partial charge in [0.15, 0.2) is 0 Å². The van der Waals surface area contributed by atoms with Crippen LogP contribution in [0.25, 0.3) is 0 Å². The number of allylic oxidation sites excluding steroid dienone is 2. The maximum Gasteiger partial charge on any atom is 0.310 e. The zero-order valence-corrected chi connectivity index (χ0v) is 26.2. The molecule has 2 amide bonds. The van der Waals surface area contributed by atoms with Crippen LogP contribution in [0.15, 0.2) is 23.3 Å². The molecule has 2 aliphatic heterocycles. The highest BCUT2D eigenvalue weighted by Gasteiger charge is 2.58. The van der Waals surface area contributed by atoms with Crippen molar-refractivity contribution in [2.24, 2.45) is 29.7 Å². The molecule has 1 aromatic heterocycles. The maximum atomic E-state index is 14.6. The van der Waals surface area contributed by atoms with Crippen molar-refractivity contribution in [3.63, 3.8) is 0 Å². The Bertz CT molecular complexity index is 1650. The van der Waals surface area contributed by atoms with Gasteiger partial charge >= 0.3 is 5.97 Å². The van der Waals surface area contributed by atoms with E-state index in [1.54, 1.807) is 28.9 Å². The molecule has 13 heteroatoms. The second kappa shape index (κ2) is 10.5. The summed E-state index contributed by atoms with van der Waals surface area (Å²) in [4.78, 5) is 44.0. The standard InChI is InChI=1S/C32H36ClF2N5O5/c1-16-18-10-20(31(2,30(43)44)11-19(16)18)29(42)40-9-6-17-21(33)4-5-24(45-14-22-27(28(34)35)38(3)37-36-22)26(17)23(40)13-39-15-32(7-8-32)12-25(39)41/h4-5,19-20,23,28H,6-15H2,1-3H3,(H,43,44)/t19?,20-,23?,31-/m0/s1. The molecule has 1 N–H and O–H groups in total. The Morgan fingerprint density at radius 2 is 2.02 bits per heavy atom. The molecule has 4 atom stereocenters. The average Bonchev–Trinajstić information content (AvgIpc) is 3.79. The van der Waals surface area contributed by atoms with Crippen LogP contribution in [0.5, 0.6) is 5.75 Å². The first-order valence-corrected chi connectivity index (χ1v) is 15.8. The summed E-state index contributed by atoms with van der Waals surface area (Å²) < 4.78 is 34.7. The highest BCUT2D eigenvalue weighted by molar-refractivity contribution is 6.31. The minimum absolute atomic E-state index is 0.00896. The Morgan fingerprint density at radius 1 is 1.27 bits per heavy atom. The number of alkyl halides is 2. The molecule has 240 valence electrons. The number of aromatic nitrogens is 3. The number of carboxylic acids is 1. The van der Waals surface area contributed by atoms with E-state index in [0.29, 0.717) is 55.1 Å². The van der Waals surface area contributed by atoms with Crippen molar-refractivity contribution in [3.05, 3.63) is 50.8 Å². The summed E-state index contributed by atoms with van der Waals surface area (Å²) in [6.07, 6.45) is 0.798. The van der Waals surface area contributed by atoms with E-state index in [1.165, 1.54) is 12.6 Å². The van der Waals surface area contributed by atoms with Gasteiger partial charge in [-0.2, -0.15) is 0 Å². The summed E-state index contributed by atoms with van der Waals surface area (Å²) in [7, 11) is 1.39. The smallest absolute Gasteiger partial charge is 0.310 e. The molecular formula is C32H36ClF2N5O5. The molecule has 1 spiro atoms. The van der Waals surface area contributed by atoms with Crippen molar-refractivity contribution >= 4 is 29.4 Å². The van der Waals surface area contributed by atoms with Gasteiger partial charge < -0.3 is 19.6 Å². The van der Waals surface area contributed by atoms with Crippen LogP contribution >= 0.6 is 11.6 Å². The summed E-state index contributed by atoms with van der Waals surface area (Å²) >= 11 is 6.72. The molecule has 3 fully saturated rings. The number of fused-ring (bicyclic) bond motifs is 2. The number of rotatable bonds is 8. The van der Waals surface area contributed by atoms with Gasteiger partial charge in [-0.1, -0.05) is 28.0 Å². The number of likely N-dealkylation sites (tertiary alicyclic amines) is 1. The lowest BCUT2D eigenvalue weighted by atomic mass is 9.66. The van der Waals surface area contributed by atoms with E-state index < -0.39 is 29.8 Å². The van der Waals surface area contributed by atoms with E-state index in [0.717, 1.165) is 28.7 Å². The third-order valence-corrected chi connectivity index (χ3v) is 11.5. The Kier molecular flexibility index (Phi) is 7.03. The van der Waals surface area contributed by atoms with Crippen molar-refractivity contribution in [2.45, 2.75) is 71.4 Å². The van der Waals surface area contributed by atoms with Gasteiger partial charge in [-0.3, -0.25) is 14.4 Å². The lowest BCUT2D eigenvalue weighted by Crippen LogP contribution is -2.53. The monoisotopic (exact) mass is 643 g/mol. The topological polar surface area (TPSA) is 118 Å². The van der Waals surface area contributed by atoms with Crippen LogP contribution in [0.1, 0.15) is 80.9 Å². The quantitative estimate of drug-likeness (QED) is 0.408. The van der Waals surface area contributed by atoms with Gasteiger partial charge in [0.1, 0.15) is 23.7 Å². The van der Waals surface area contributed by atoms with Crippen molar-refractivity contribution in [3.8, 4) is 5.75 Å². The molecule has 2 aromatic rings. The van der Waals surface area contributed by atoms with E-state index in [1.807, 2.05) is 6.92 Å². The van der Waals surface area contributed by atoms with Gasteiger partial charge in [0, 0.05) is 49.6 Å². The van der Waals surface area contributed by atoms with Crippen molar-refractivity contribution in [2.75, 3.05) is 19.6 Å². The van der Waals surface area contributed by atoms with E-state index >= 15 is 0 Å². The lowest BCUT2D eigenvalue weighted by Gasteiger charge is -2.45. The number of halogens is 3. The van der Waals surface area contributed by atoms with Gasteiger partial charge in [-0.25, -0.2) is 13.5 Å². The number of ether oxygens (including phenoxy) is 1. The fraction of sp³-hybridized carbons (Fsp3) is 0.594. The number of carboxylic acid groups (broad SMARTS) is 1. The molecule has 10 nitrogen and oxygen atoms in total. The van der Waals surface area contributed by atoms with Gasteiger partial charge in [-0.15, -0.1) is 5.10 Å². The van der Waals surface area contributed by atoms with E-state index in [2.05, 4.69) is 10.3 Å². The van der Waals surface area contributed by atoms with Crippen molar-refractivity contribution in [1.29, 1.82) is 0 Å². The fourth-order valence-electron chi connectivity index (χ4n) is 8.00. The van der Waals surface area contributed by atoms with Crippen molar-refractivity contribution < 1.29 is 33.0 Å². The van der Waals surface area contributed by atoms with E-state index in [4.69, 9.17) is 16.3 Å². The third-order valence-electron chi connectivity index (χ3n) is 11.1. The number of aryl methyl sites for hydroxylation is 1. The third kappa shape index (κ3) is 4.90. The van der Waals surface area contributed by atoms with Crippen LogP contribution in [0.4, 0.5) is 8.78 Å². The lowest BCUT2D eigenvalue weighted by molar-refractivity contribution is -0.161. The number of benzene rings is 1. The van der Waals surface area contributed by atoms with Crippen LogP contribution in [-0.4, -0.2) is 67.3 Å². The predicted molar refractivity (Wildman–Crippen MR) is 157 cm³/mol. The second-order valence-electron chi connectivity index (χ2n) is 13.8. The molecule has 45 heavy (non-hydrogen) atoms. The summed E-state index contributed by atoms with van der Waals surface area (Å²) in [6.45, 7) is 4.47. The Morgan fingerprint density at radius 3 is 2.69 bits per heavy atom. The van der Waals surface area contributed by atoms with E-state index in [9.17, 15) is 28.3 Å². The van der Waals surface area contributed by atoms with Crippen LogP contribution in [0, 0.1) is 22.7 Å². The molecule has 2 saturated carbocycles. The van der Waals surface area contributed by atoms with E-state index in [-0.39, 0.29) is 47.7 Å². The van der Waals surface area contributed by atoms with Crippen LogP contribution in [0.3, 0.4) is 0 Å². The number of hydrogen-bond acceptors (Lipinski definition) is 6. The van der Waals surface area contributed by atoms with Gasteiger partial charge in [0.2, 0.25) is 11.8 Å². The van der Waals surface area contributed by atoms with Gasteiger partial charge in [0.25, 0.3) is 6.43 Å². The Balaban J connectivity index is 1.27. The first kappa shape index (κ1) is 30.1. The Hall–Kier alpha value is -3.54. The molecule has 1 saturated heterocycles. The number of hydrogen-bond donors (Lipinski definition) is 1. The predicted octanol–water partition coefficient (Wildman–Crippen LogP) is 4.87. The minimum Gasteiger partial charge on any atom is -0.487 e. The normalized spacial score (nSPS) is 28.1. The van der Waals surface area contributed by atoms with Crippen LogP contribution in [0.2, 0.25) is 5.02 Å². The molecule has 3 aliphatic carbocycles. The largest absolute Gasteiger partial charge is 0.487 e. The zero-order valence-electron chi connectivity index (χ0n) is 25.5. The first-order valence-electron chi connectivity index (χ1n) is 15.5.